The van der Waals surface area contributed by atoms with E-state index in [4.69, 9.17) is 0 Å². The normalized spacial score (nSPS) is 13.2. The van der Waals surface area contributed by atoms with Crippen LogP contribution in [0.4, 0.5) is 0 Å². The second-order valence-corrected chi connectivity index (χ2v) is 16.9. The maximum Gasteiger partial charge on any atom is 0.240 e. The molecule has 3 N–H and O–H groups in total. The van der Waals surface area contributed by atoms with Gasteiger partial charge in [-0.25, -0.2) is 0 Å². The molecule has 0 aliphatic rings. The zero-order valence-electron chi connectivity index (χ0n) is 30.5. The molecule has 0 radical (unpaired) electrons. The quantitative estimate of drug-likeness (QED) is 0.0447. The molecule has 7 heteroatoms. The van der Waals surface area contributed by atoms with Gasteiger partial charge >= 0.3 is 0 Å². The first-order valence-corrected chi connectivity index (χ1v) is 21.8. The van der Waals surface area contributed by atoms with Crippen LogP contribution in [0.1, 0.15) is 219 Å². The minimum absolute atomic E-state index is 0.0324. The summed E-state index contributed by atoms with van der Waals surface area (Å²) in [6.45, 7) is 3.66. The van der Waals surface area contributed by atoms with Gasteiger partial charge in [-0.2, -0.15) is 0 Å². The van der Waals surface area contributed by atoms with E-state index in [2.05, 4.69) is 13.8 Å². The highest BCUT2D eigenvalue weighted by molar-refractivity contribution is 7.94. The van der Waals surface area contributed by atoms with Crippen LogP contribution in [-0.4, -0.2) is 44.9 Å². The molecular formula is C39H77O6P. The molecule has 2 unspecified atom stereocenters. The fraction of sp³-hybridized carbons (Fsp3) is 0.949. The molecule has 0 spiro atoms. The molecule has 2 atom stereocenters. The summed E-state index contributed by atoms with van der Waals surface area (Å²) in [5.74, 6) is -2.02. The lowest BCUT2D eigenvalue weighted by atomic mass is 10.0. The summed E-state index contributed by atoms with van der Waals surface area (Å²) in [5, 5.41) is 29.8. The molecule has 0 heterocycles. The van der Waals surface area contributed by atoms with E-state index in [9.17, 15) is 29.5 Å². The molecule has 0 bridgehead atoms. The Morgan fingerprint density at radius 2 is 0.652 bits per heavy atom. The van der Waals surface area contributed by atoms with Gasteiger partial charge in [0.15, 0.2) is 0 Å². The van der Waals surface area contributed by atoms with Crippen LogP contribution in [0.25, 0.3) is 0 Å². The van der Waals surface area contributed by atoms with Crippen molar-refractivity contribution >= 4 is 18.2 Å². The van der Waals surface area contributed by atoms with Crippen molar-refractivity contribution in [2.45, 2.75) is 231 Å². The van der Waals surface area contributed by atoms with Crippen LogP contribution >= 0.6 is 7.14 Å². The Labute approximate surface area is 285 Å². The molecule has 0 fully saturated rings. The molecule has 46 heavy (non-hydrogen) atoms. The van der Waals surface area contributed by atoms with Crippen molar-refractivity contribution in [2.75, 3.05) is 6.61 Å². The number of rotatable bonds is 37. The third-order valence-electron chi connectivity index (χ3n) is 9.63. The third kappa shape index (κ3) is 23.7. The lowest BCUT2D eigenvalue weighted by molar-refractivity contribution is -0.116. The standard InChI is InChI=1S/C39H77O6P/c1-3-5-7-9-11-13-15-17-19-21-23-25-27-29-31-33-37(42)46(45,39(44)36(41)35-40)38(43)34-32-30-28-26-24-22-20-18-16-14-12-10-8-6-4-2/h36,39-41,44H,3-35H2,1-2H3. The SMILES string of the molecule is CCCCCCCCCCCCCCCCCC(=O)P(=O)(C(=O)CCCCCCCCCCCCCCCCC)C(O)C(O)CO. The highest BCUT2D eigenvalue weighted by Gasteiger charge is 2.47. The Bertz CT molecular complexity index is 692. The largest absolute Gasteiger partial charge is 0.394 e. The van der Waals surface area contributed by atoms with E-state index >= 15 is 0 Å². The van der Waals surface area contributed by atoms with Gasteiger partial charge in [0.1, 0.15) is 11.9 Å². The van der Waals surface area contributed by atoms with Crippen LogP contribution in [0.15, 0.2) is 0 Å². The van der Waals surface area contributed by atoms with E-state index in [1.807, 2.05) is 0 Å². The molecular weight excluding hydrogens is 595 g/mol. The Morgan fingerprint density at radius 1 is 0.435 bits per heavy atom. The molecule has 0 saturated heterocycles. The molecule has 0 amide bonds. The molecule has 274 valence electrons. The number of carbonyl (C=O) groups excluding carboxylic acids is 2. The van der Waals surface area contributed by atoms with Gasteiger partial charge in [0, 0.05) is 12.8 Å². The summed E-state index contributed by atoms with van der Waals surface area (Å²) in [7, 11) is -4.37. The first kappa shape index (κ1) is 45.5. The van der Waals surface area contributed by atoms with Crippen LogP contribution in [0.3, 0.4) is 0 Å². The topological polar surface area (TPSA) is 112 Å². The molecule has 0 rings (SSSR count). The predicted octanol–water partition coefficient (Wildman–Crippen LogP) is 11.6. The van der Waals surface area contributed by atoms with Gasteiger partial charge in [-0.05, 0) is 12.8 Å². The van der Waals surface area contributed by atoms with Gasteiger partial charge in [-0.1, -0.05) is 194 Å². The summed E-state index contributed by atoms with van der Waals surface area (Å²) in [4.78, 5) is 26.1. The number of carbonyl (C=O) groups is 2. The summed E-state index contributed by atoms with van der Waals surface area (Å²) in [5.41, 5.74) is -1.48. The Hall–Kier alpha value is -0.550. The smallest absolute Gasteiger partial charge is 0.240 e. The lowest BCUT2D eigenvalue weighted by Gasteiger charge is -2.24. The summed E-state index contributed by atoms with van der Waals surface area (Å²) in [6.07, 6.45) is 34.0. The maximum absolute atomic E-state index is 13.7. The van der Waals surface area contributed by atoms with E-state index in [1.165, 1.54) is 141 Å². The average molecular weight is 673 g/mol. The van der Waals surface area contributed by atoms with Crippen LogP contribution in [0.2, 0.25) is 0 Å². The van der Waals surface area contributed by atoms with Gasteiger partial charge in [-0.15, -0.1) is 0 Å². The van der Waals surface area contributed by atoms with Crippen molar-refractivity contribution in [3.63, 3.8) is 0 Å². The second-order valence-electron chi connectivity index (χ2n) is 14.0. The predicted molar refractivity (Wildman–Crippen MR) is 196 cm³/mol. The Kier molecular flexibility index (Phi) is 32.6. The van der Waals surface area contributed by atoms with Crippen LogP contribution in [-0.2, 0) is 14.2 Å². The van der Waals surface area contributed by atoms with Gasteiger partial charge in [0.05, 0.1) is 6.61 Å². The molecule has 0 aromatic carbocycles. The number of aliphatic hydroxyl groups excluding tert-OH is 3. The monoisotopic (exact) mass is 673 g/mol. The highest BCUT2D eigenvalue weighted by Crippen LogP contribution is 2.55. The number of hydrogen-bond acceptors (Lipinski definition) is 6. The summed E-state index contributed by atoms with van der Waals surface area (Å²) in [6, 6.07) is 0. The Morgan fingerprint density at radius 3 is 0.870 bits per heavy atom. The van der Waals surface area contributed by atoms with Crippen molar-refractivity contribution in [3.05, 3.63) is 0 Å². The van der Waals surface area contributed by atoms with Crippen molar-refractivity contribution in [1.82, 2.24) is 0 Å². The zero-order chi connectivity index (χ0) is 34.1. The van der Waals surface area contributed by atoms with E-state index < -0.39 is 36.7 Å². The molecule has 0 aliphatic carbocycles. The minimum atomic E-state index is -4.37. The number of unbranched alkanes of at least 4 members (excludes halogenated alkanes) is 28. The molecule has 0 aliphatic heterocycles. The number of aliphatic hydroxyl groups is 3. The first-order valence-electron chi connectivity index (χ1n) is 20.0. The van der Waals surface area contributed by atoms with Crippen molar-refractivity contribution in [1.29, 1.82) is 0 Å². The third-order valence-corrected chi connectivity index (χ3v) is 12.7. The fourth-order valence-electron chi connectivity index (χ4n) is 6.40. The minimum Gasteiger partial charge on any atom is -0.394 e. The van der Waals surface area contributed by atoms with Crippen LogP contribution in [0, 0.1) is 0 Å². The van der Waals surface area contributed by atoms with Gasteiger partial charge in [-0.3, -0.25) is 9.59 Å². The molecule has 6 nitrogen and oxygen atoms in total. The van der Waals surface area contributed by atoms with Crippen molar-refractivity contribution in [2.24, 2.45) is 0 Å². The van der Waals surface area contributed by atoms with E-state index in [0.717, 1.165) is 38.5 Å². The maximum atomic E-state index is 13.7. The molecule has 0 aromatic rings. The summed E-state index contributed by atoms with van der Waals surface area (Å²) < 4.78 is 13.7. The van der Waals surface area contributed by atoms with Crippen molar-refractivity contribution < 1.29 is 29.5 Å². The van der Waals surface area contributed by atoms with E-state index in [-0.39, 0.29) is 12.8 Å². The first-order chi connectivity index (χ1) is 22.4. The van der Waals surface area contributed by atoms with Gasteiger partial charge in [0.2, 0.25) is 18.2 Å². The van der Waals surface area contributed by atoms with Crippen molar-refractivity contribution in [3.8, 4) is 0 Å². The fourth-order valence-corrected chi connectivity index (χ4v) is 8.83. The van der Waals surface area contributed by atoms with Crippen LogP contribution < -0.4 is 0 Å². The van der Waals surface area contributed by atoms with Crippen LogP contribution in [0.5, 0.6) is 0 Å². The summed E-state index contributed by atoms with van der Waals surface area (Å²) >= 11 is 0. The van der Waals surface area contributed by atoms with E-state index in [0.29, 0.717) is 12.8 Å². The molecule has 0 aromatic heterocycles. The Balaban J connectivity index is 4.14. The lowest BCUT2D eigenvalue weighted by Crippen LogP contribution is -2.34. The van der Waals surface area contributed by atoms with Gasteiger partial charge in [0.25, 0.3) is 0 Å². The highest BCUT2D eigenvalue weighted by atomic mass is 31.2. The average Bonchev–Trinajstić information content (AvgIpc) is 3.06. The second kappa shape index (κ2) is 33.0. The van der Waals surface area contributed by atoms with Gasteiger partial charge < -0.3 is 19.9 Å². The molecule has 0 saturated carbocycles. The zero-order valence-corrected chi connectivity index (χ0v) is 31.4. The number of hydrogen-bond donors (Lipinski definition) is 3. The van der Waals surface area contributed by atoms with E-state index in [1.54, 1.807) is 0 Å².